The minimum absolute atomic E-state index is 0.784. The second-order valence-corrected chi connectivity index (χ2v) is 9.28. The molecular formula is C26H42O. The highest BCUT2D eigenvalue weighted by molar-refractivity contribution is 5.29. The zero-order chi connectivity index (χ0) is 18.9. The Labute approximate surface area is 168 Å². The van der Waals surface area contributed by atoms with E-state index in [4.69, 9.17) is 4.74 Å². The monoisotopic (exact) mass is 370 g/mol. The van der Waals surface area contributed by atoms with Gasteiger partial charge in [0.25, 0.3) is 0 Å². The zero-order valence-corrected chi connectivity index (χ0v) is 17.9. The largest absolute Gasteiger partial charge is 0.494 e. The van der Waals surface area contributed by atoms with Crippen molar-refractivity contribution >= 4 is 0 Å². The van der Waals surface area contributed by atoms with Gasteiger partial charge in [0.2, 0.25) is 0 Å². The average molecular weight is 371 g/mol. The van der Waals surface area contributed by atoms with Crippen molar-refractivity contribution in [2.45, 2.75) is 103 Å². The van der Waals surface area contributed by atoms with Gasteiger partial charge in [-0.2, -0.15) is 0 Å². The maximum absolute atomic E-state index is 5.91. The molecule has 0 unspecified atom stereocenters. The van der Waals surface area contributed by atoms with Crippen LogP contribution in [0.25, 0.3) is 0 Å². The SMILES string of the molecule is CCCCCCOc1ccc(C2CCC(C3CCC(CC)CC3)CC2)cc1. The van der Waals surface area contributed by atoms with Crippen LogP contribution in [0, 0.1) is 17.8 Å². The van der Waals surface area contributed by atoms with Gasteiger partial charge < -0.3 is 4.74 Å². The molecular weight excluding hydrogens is 328 g/mol. The van der Waals surface area contributed by atoms with Crippen LogP contribution in [-0.2, 0) is 0 Å². The molecule has 27 heavy (non-hydrogen) atoms. The van der Waals surface area contributed by atoms with Gasteiger partial charge in [-0.3, -0.25) is 0 Å². The minimum atomic E-state index is 0.784. The summed E-state index contributed by atoms with van der Waals surface area (Å²) in [5, 5.41) is 0. The zero-order valence-electron chi connectivity index (χ0n) is 17.9. The van der Waals surface area contributed by atoms with Gasteiger partial charge in [0.05, 0.1) is 6.61 Å². The highest BCUT2D eigenvalue weighted by atomic mass is 16.5. The van der Waals surface area contributed by atoms with Crippen LogP contribution in [-0.4, -0.2) is 6.61 Å². The van der Waals surface area contributed by atoms with Gasteiger partial charge in [-0.1, -0.05) is 64.5 Å². The molecule has 152 valence electrons. The average Bonchev–Trinajstić information content (AvgIpc) is 2.74. The van der Waals surface area contributed by atoms with Crippen molar-refractivity contribution < 1.29 is 4.74 Å². The first-order chi connectivity index (χ1) is 13.3. The van der Waals surface area contributed by atoms with Crippen LogP contribution in [0.4, 0.5) is 0 Å². The summed E-state index contributed by atoms with van der Waals surface area (Å²) in [6, 6.07) is 9.07. The van der Waals surface area contributed by atoms with E-state index in [0.29, 0.717) is 0 Å². The molecule has 1 aromatic carbocycles. The Bertz CT molecular complexity index is 504. The molecule has 0 atom stereocenters. The second-order valence-electron chi connectivity index (χ2n) is 9.28. The van der Waals surface area contributed by atoms with Crippen LogP contribution in [0.3, 0.4) is 0 Å². The Hall–Kier alpha value is -0.980. The smallest absolute Gasteiger partial charge is 0.119 e. The molecule has 1 aromatic rings. The van der Waals surface area contributed by atoms with Crippen molar-refractivity contribution in [3.8, 4) is 5.75 Å². The lowest BCUT2D eigenvalue weighted by molar-refractivity contribution is 0.158. The van der Waals surface area contributed by atoms with Crippen LogP contribution >= 0.6 is 0 Å². The number of unbranched alkanes of at least 4 members (excludes halogenated alkanes) is 3. The fraction of sp³-hybridized carbons (Fsp3) is 0.769. The van der Waals surface area contributed by atoms with Gasteiger partial charge in [-0.25, -0.2) is 0 Å². The molecule has 2 saturated carbocycles. The first-order valence-corrected chi connectivity index (χ1v) is 12.0. The van der Waals surface area contributed by atoms with Crippen molar-refractivity contribution in [1.29, 1.82) is 0 Å². The van der Waals surface area contributed by atoms with Crippen LogP contribution in [0.15, 0.2) is 24.3 Å². The third kappa shape index (κ3) is 6.26. The van der Waals surface area contributed by atoms with E-state index in [1.807, 2.05) is 0 Å². The third-order valence-corrected chi connectivity index (χ3v) is 7.53. The standard InChI is InChI=1S/C26H42O/c1-3-5-6-7-20-27-26-18-16-25(17-19-26)24-14-12-23(13-15-24)22-10-8-21(4-2)9-11-22/h16-19,21-24H,3-15,20H2,1-2H3. The number of rotatable bonds is 9. The predicted molar refractivity (Wildman–Crippen MR) is 117 cm³/mol. The second kappa shape index (κ2) is 11.1. The summed E-state index contributed by atoms with van der Waals surface area (Å²) in [5.74, 6) is 4.93. The van der Waals surface area contributed by atoms with E-state index in [1.165, 1.54) is 83.5 Å². The summed E-state index contributed by atoms with van der Waals surface area (Å²) < 4.78 is 5.91. The van der Waals surface area contributed by atoms with Crippen molar-refractivity contribution in [2.24, 2.45) is 17.8 Å². The molecule has 1 heteroatoms. The maximum Gasteiger partial charge on any atom is 0.119 e. The molecule has 0 bridgehead atoms. The lowest BCUT2D eigenvalue weighted by atomic mass is 9.68. The summed E-state index contributed by atoms with van der Waals surface area (Å²) in [7, 11) is 0. The quantitative estimate of drug-likeness (QED) is 0.399. The first kappa shape index (κ1) is 20.7. The van der Waals surface area contributed by atoms with Crippen molar-refractivity contribution in [1.82, 2.24) is 0 Å². The summed E-state index contributed by atoms with van der Waals surface area (Å²) in [6.07, 6.45) is 18.2. The molecule has 0 aliphatic heterocycles. The summed E-state index contributed by atoms with van der Waals surface area (Å²) >= 11 is 0. The van der Waals surface area contributed by atoms with Crippen molar-refractivity contribution in [3.05, 3.63) is 29.8 Å². The van der Waals surface area contributed by atoms with Crippen molar-refractivity contribution in [2.75, 3.05) is 6.61 Å². The Morgan fingerprint density at radius 1 is 0.741 bits per heavy atom. The van der Waals surface area contributed by atoms with Crippen molar-refractivity contribution in [3.63, 3.8) is 0 Å². The van der Waals surface area contributed by atoms with Crippen LogP contribution in [0.2, 0.25) is 0 Å². The van der Waals surface area contributed by atoms with E-state index >= 15 is 0 Å². The molecule has 0 aromatic heterocycles. The van der Waals surface area contributed by atoms with E-state index in [-0.39, 0.29) is 0 Å². The Morgan fingerprint density at radius 2 is 1.37 bits per heavy atom. The maximum atomic E-state index is 5.91. The van der Waals surface area contributed by atoms with Crippen LogP contribution in [0.1, 0.15) is 109 Å². The Morgan fingerprint density at radius 3 is 1.96 bits per heavy atom. The fourth-order valence-corrected chi connectivity index (χ4v) is 5.55. The molecule has 0 saturated heterocycles. The van der Waals surface area contributed by atoms with Crippen LogP contribution < -0.4 is 4.74 Å². The topological polar surface area (TPSA) is 9.23 Å². The Kier molecular flexibility index (Phi) is 8.55. The van der Waals surface area contributed by atoms with E-state index in [1.54, 1.807) is 5.56 Å². The van der Waals surface area contributed by atoms with E-state index in [0.717, 1.165) is 36.0 Å². The number of ether oxygens (including phenoxy) is 1. The molecule has 0 N–H and O–H groups in total. The summed E-state index contributed by atoms with van der Waals surface area (Å²) in [5.41, 5.74) is 1.54. The third-order valence-electron chi connectivity index (χ3n) is 7.53. The fourth-order valence-electron chi connectivity index (χ4n) is 5.55. The lowest BCUT2D eigenvalue weighted by Crippen LogP contribution is -2.25. The van der Waals surface area contributed by atoms with E-state index in [9.17, 15) is 0 Å². The normalized spacial score (nSPS) is 28.8. The van der Waals surface area contributed by atoms with Gasteiger partial charge in [-0.15, -0.1) is 0 Å². The van der Waals surface area contributed by atoms with Gasteiger partial charge in [0.1, 0.15) is 5.75 Å². The lowest BCUT2D eigenvalue weighted by Gasteiger charge is -2.38. The van der Waals surface area contributed by atoms with E-state index < -0.39 is 0 Å². The molecule has 2 aliphatic rings. The predicted octanol–water partition coefficient (Wildman–Crippen LogP) is 8.14. The highest BCUT2D eigenvalue weighted by Gasteiger charge is 2.30. The number of hydrogen-bond donors (Lipinski definition) is 0. The number of benzene rings is 1. The van der Waals surface area contributed by atoms with Gasteiger partial charge in [-0.05, 0) is 86.3 Å². The Balaban J connectivity index is 1.39. The van der Waals surface area contributed by atoms with Gasteiger partial charge in [0.15, 0.2) is 0 Å². The number of hydrogen-bond acceptors (Lipinski definition) is 1. The first-order valence-electron chi connectivity index (χ1n) is 12.0. The molecule has 0 amide bonds. The summed E-state index contributed by atoms with van der Waals surface area (Å²) in [6.45, 7) is 5.49. The summed E-state index contributed by atoms with van der Waals surface area (Å²) in [4.78, 5) is 0. The molecule has 0 radical (unpaired) electrons. The van der Waals surface area contributed by atoms with E-state index in [2.05, 4.69) is 38.1 Å². The van der Waals surface area contributed by atoms with Gasteiger partial charge >= 0.3 is 0 Å². The molecule has 0 spiro atoms. The van der Waals surface area contributed by atoms with Gasteiger partial charge in [0, 0.05) is 0 Å². The molecule has 1 nitrogen and oxygen atoms in total. The van der Waals surface area contributed by atoms with Crippen LogP contribution in [0.5, 0.6) is 5.75 Å². The highest BCUT2D eigenvalue weighted by Crippen LogP contribution is 2.44. The molecule has 2 fully saturated rings. The molecule has 2 aliphatic carbocycles. The minimum Gasteiger partial charge on any atom is -0.494 e. The molecule has 3 rings (SSSR count). The molecule has 0 heterocycles.